The van der Waals surface area contributed by atoms with Crippen molar-refractivity contribution < 1.29 is 9.13 Å². The van der Waals surface area contributed by atoms with Gasteiger partial charge < -0.3 is 9.30 Å². The molecule has 1 unspecified atom stereocenters. The number of ether oxygens (including phenoxy) is 1. The van der Waals surface area contributed by atoms with Crippen LogP contribution >= 0.6 is 23.4 Å². The normalized spacial score (nSPS) is 18.0. The lowest BCUT2D eigenvalue weighted by Gasteiger charge is -2.17. The van der Waals surface area contributed by atoms with E-state index in [0.29, 0.717) is 5.52 Å². The van der Waals surface area contributed by atoms with Gasteiger partial charge >= 0.3 is 0 Å². The minimum atomic E-state index is -0.394. The number of thioether (sulfide) groups is 1. The van der Waals surface area contributed by atoms with E-state index in [9.17, 15) is 4.39 Å². The Hall–Kier alpha value is -0.940. The Morgan fingerprint density at radius 1 is 1.52 bits per heavy atom. The van der Waals surface area contributed by atoms with Crippen LogP contribution in [0, 0.1) is 5.82 Å². The predicted octanol–water partition coefficient (Wildman–Crippen LogP) is 4.38. The standard InChI is InChI=1S/C15H18ClFN2OS/c1-9(16)14-18-11-6-10(17)13(20-2)7-12(11)19(14)8-15(21-3)4-5-15/h6-7,9H,4-5,8H2,1-3H3. The third kappa shape index (κ3) is 2.61. The monoisotopic (exact) mass is 328 g/mol. The highest BCUT2D eigenvalue weighted by Crippen LogP contribution is 2.49. The van der Waals surface area contributed by atoms with Gasteiger partial charge in [0.15, 0.2) is 11.6 Å². The summed E-state index contributed by atoms with van der Waals surface area (Å²) in [5.74, 6) is 0.639. The van der Waals surface area contributed by atoms with Crippen molar-refractivity contribution in [2.75, 3.05) is 13.4 Å². The molecule has 0 bridgehead atoms. The number of hydrogen-bond acceptors (Lipinski definition) is 3. The molecule has 2 aromatic rings. The second-order valence-electron chi connectivity index (χ2n) is 5.53. The van der Waals surface area contributed by atoms with Crippen molar-refractivity contribution in [2.45, 2.75) is 36.4 Å². The van der Waals surface area contributed by atoms with Gasteiger partial charge in [0.2, 0.25) is 0 Å². The van der Waals surface area contributed by atoms with E-state index < -0.39 is 5.82 Å². The van der Waals surface area contributed by atoms with Gasteiger partial charge in [-0.15, -0.1) is 11.6 Å². The molecule has 1 aliphatic rings. The predicted molar refractivity (Wildman–Crippen MR) is 86.0 cm³/mol. The summed E-state index contributed by atoms with van der Waals surface area (Å²) in [6.45, 7) is 2.75. The van der Waals surface area contributed by atoms with Gasteiger partial charge in [0, 0.05) is 23.4 Å². The summed E-state index contributed by atoms with van der Waals surface area (Å²) >= 11 is 8.15. The van der Waals surface area contributed by atoms with Crippen molar-refractivity contribution in [2.24, 2.45) is 0 Å². The maximum absolute atomic E-state index is 13.9. The van der Waals surface area contributed by atoms with Crippen molar-refractivity contribution in [1.82, 2.24) is 9.55 Å². The first kappa shape index (κ1) is 15.0. The van der Waals surface area contributed by atoms with E-state index >= 15 is 0 Å². The Balaban J connectivity index is 2.15. The van der Waals surface area contributed by atoms with Gasteiger partial charge in [0.25, 0.3) is 0 Å². The van der Waals surface area contributed by atoms with E-state index in [2.05, 4.69) is 15.8 Å². The molecule has 1 atom stereocenters. The number of nitrogens with zero attached hydrogens (tertiary/aromatic N) is 2. The highest BCUT2D eigenvalue weighted by Gasteiger charge is 2.43. The van der Waals surface area contributed by atoms with Crippen LogP contribution in [0.15, 0.2) is 12.1 Å². The summed E-state index contributed by atoms with van der Waals surface area (Å²) in [7, 11) is 1.47. The largest absolute Gasteiger partial charge is 0.494 e. The van der Waals surface area contributed by atoms with E-state index in [4.69, 9.17) is 16.3 Å². The molecule has 1 fully saturated rings. The first-order valence-corrected chi connectivity index (χ1v) is 8.59. The first-order chi connectivity index (χ1) is 9.99. The second-order valence-corrected chi connectivity index (χ2v) is 7.46. The van der Waals surface area contributed by atoms with E-state index in [0.717, 1.165) is 17.9 Å². The number of halogens is 2. The number of benzene rings is 1. The molecule has 0 spiro atoms. The maximum atomic E-state index is 13.9. The van der Waals surface area contributed by atoms with Gasteiger partial charge in [0.1, 0.15) is 5.82 Å². The highest BCUT2D eigenvalue weighted by molar-refractivity contribution is 8.00. The van der Waals surface area contributed by atoms with Crippen LogP contribution in [0.3, 0.4) is 0 Å². The van der Waals surface area contributed by atoms with Gasteiger partial charge in [0.05, 0.1) is 23.5 Å². The third-order valence-electron chi connectivity index (χ3n) is 4.09. The van der Waals surface area contributed by atoms with E-state index in [1.165, 1.54) is 26.0 Å². The van der Waals surface area contributed by atoms with Crippen molar-refractivity contribution in [3.8, 4) is 5.75 Å². The Kier molecular flexibility index (Phi) is 3.82. The molecule has 3 nitrogen and oxygen atoms in total. The van der Waals surface area contributed by atoms with E-state index in [1.807, 2.05) is 18.7 Å². The Morgan fingerprint density at radius 2 is 2.24 bits per heavy atom. The molecule has 0 radical (unpaired) electrons. The van der Waals surface area contributed by atoms with Crippen LogP contribution in [0.1, 0.15) is 31.0 Å². The van der Waals surface area contributed by atoms with Gasteiger partial charge in [-0.05, 0) is 26.0 Å². The fourth-order valence-electron chi connectivity index (χ4n) is 2.63. The van der Waals surface area contributed by atoms with Crippen LogP contribution in [-0.2, 0) is 6.54 Å². The lowest BCUT2D eigenvalue weighted by molar-refractivity contribution is 0.387. The number of hydrogen-bond donors (Lipinski definition) is 0. The lowest BCUT2D eigenvalue weighted by atomic mass is 10.2. The smallest absolute Gasteiger partial charge is 0.167 e. The van der Waals surface area contributed by atoms with E-state index in [1.54, 1.807) is 6.07 Å². The Labute approximate surface area is 132 Å². The van der Waals surface area contributed by atoms with Crippen molar-refractivity contribution in [3.05, 3.63) is 23.8 Å². The Bertz CT molecular complexity index is 682. The summed E-state index contributed by atoms with van der Waals surface area (Å²) < 4.78 is 21.4. The molecule has 0 amide bonds. The van der Waals surface area contributed by atoms with Crippen molar-refractivity contribution in [3.63, 3.8) is 0 Å². The SMILES string of the molecule is COc1cc2c(cc1F)nc(C(C)Cl)n2CC1(SC)CC1. The average molecular weight is 329 g/mol. The van der Waals surface area contributed by atoms with Gasteiger partial charge in [-0.1, -0.05) is 0 Å². The number of aromatic nitrogens is 2. The van der Waals surface area contributed by atoms with Gasteiger partial charge in [-0.25, -0.2) is 9.37 Å². The fourth-order valence-corrected chi connectivity index (χ4v) is 3.56. The van der Waals surface area contributed by atoms with E-state index in [-0.39, 0.29) is 15.9 Å². The molecule has 6 heteroatoms. The molecule has 1 aliphatic carbocycles. The summed E-state index contributed by atoms with van der Waals surface area (Å²) in [5, 5.41) is -0.218. The zero-order valence-electron chi connectivity index (χ0n) is 12.3. The summed E-state index contributed by atoms with van der Waals surface area (Å²) in [6.07, 6.45) is 4.53. The van der Waals surface area contributed by atoms with Crippen LogP contribution in [0.2, 0.25) is 0 Å². The van der Waals surface area contributed by atoms with Crippen LogP contribution < -0.4 is 4.74 Å². The van der Waals surface area contributed by atoms with Crippen LogP contribution in [0.5, 0.6) is 5.75 Å². The maximum Gasteiger partial charge on any atom is 0.167 e. The van der Waals surface area contributed by atoms with Gasteiger partial charge in [-0.2, -0.15) is 11.8 Å². The number of imidazole rings is 1. The number of fused-ring (bicyclic) bond motifs is 1. The average Bonchev–Trinajstić information content (AvgIpc) is 3.15. The minimum absolute atomic E-state index is 0.218. The molecular formula is C15H18ClFN2OS. The lowest BCUT2D eigenvalue weighted by Crippen LogP contribution is -2.16. The van der Waals surface area contributed by atoms with Crippen LogP contribution in [0.25, 0.3) is 11.0 Å². The second kappa shape index (κ2) is 5.36. The molecule has 1 saturated carbocycles. The number of methoxy groups -OCH3 is 1. The Morgan fingerprint density at radius 3 is 2.76 bits per heavy atom. The molecule has 114 valence electrons. The molecule has 1 heterocycles. The number of rotatable bonds is 5. The molecule has 0 saturated heterocycles. The summed E-state index contributed by atoms with van der Waals surface area (Å²) in [4.78, 5) is 4.52. The zero-order valence-corrected chi connectivity index (χ0v) is 13.9. The molecule has 0 aliphatic heterocycles. The van der Waals surface area contributed by atoms with Crippen molar-refractivity contribution >= 4 is 34.4 Å². The molecule has 21 heavy (non-hydrogen) atoms. The van der Waals surface area contributed by atoms with Crippen molar-refractivity contribution in [1.29, 1.82) is 0 Å². The summed E-state index contributed by atoms with van der Waals surface area (Å²) in [6, 6.07) is 3.14. The third-order valence-corrected chi connectivity index (χ3v) is 5.69. The zero-order chi connectivity index (χ0) is 15.2. The number of alkyl halides is 1. The molecule has 1 aromatic heterocycles. The molecular weight excluding hydrogens is 311 g/mol. The fraction of sp³-hybridized carbons (Fsp3) is 0.533. The quantitative estimate of drug-likeness (QED) is 0.762. The van der Waals surface area contributed by atoms with Crippen LogP contribution in [0.4, 0.5) is 4.39 Å². The van der Waals surface area contributed by atoms with Gasteiger partial charge in [-0.3, -0.25) is 0 Å². The molecule has 1 aromatic carbocycles. The minimum Gasteiger partial charge on any atom is -0.494 e. The summed E-state index contributed by atoms with van der Waals surface area (Å²) in [5.41, 5.74) is 1.52. The van der Waals surface area contributed by atoms with Crippen LogP contribution in [-0.4, -0.2) is 27.7 Å². The first-order valence-electron chi connectivity index (χ1n) is 6.92. The topological polar surface area (TPSA) is 27.1 Å². The molecule has 0 N–H and O–H groups in total. The molecule has 3 rings (SSSR count). The highest BCUT2D eigenvalue weighted by atomic mass is 35.5.